The van der Waals surface area contributed by atoms with E-state index in [4.69, 9.17) is 0 Å². The van der Waals surface area contributed by atoms with E-state index in [2.05, 4.69) is 28.2 Å². The van der Waals surface area contributed by atoms with Crippen molar-refractivity contribution in [3.05, 3.63) is 60.2 Å². The first-order valence-electron chi connectivity index (χ1n) is 5.46. The van der Waals surface area contributed by atoms with Crippen LogP contribution in [0.3, 0.4) is 0 Å². The molecule has 84 valence electrons. The Labute approximate surface area is 107 Å². The van der Waals surface area contributed by atoms with Gasteiger partial charge in [-0.05, 0) is 0 Å². The summed E-state index contributed by atoms with van der Waals surface area (Å²) in [6.07, 6.45) is 1.04. The van der Waals surface area contributed by atoms with E-state index in [-0.39, 0.29) is 21.2 Å². The van der Waals surface area contributed by atoms with Gasteiger partial charge in [0.15, 0.2) is 0 Å². The normalized spacial score (nSPS) is 17.9. The number of anilines is 1. The van der Waals surface area contributed by atoms with Gasteiger partial charge in [-0.25, -0.2) is 0 Å². The molecule has 0 amide bonds. The molecule has 0 N–H and O–H groups in total. The van der Waals surface area contributed by atoms with Gasteiger partial charge in [0.1, 0.15) is 0 Å². The van der Waals surface area contributed by atoms with Crippen molar-refractivity contribution in [1.82, 2.24) is 0 Å². The number of hydrogen-bond donors (Lipinski definition) is 0. The number of nitrogens with zero attached hydrogens (tertiary/aromatic N) is 1. The number of aldehydes is 1. The Morgan fingerprint density at radius 1 is 1.00 bits per heavy atom. The molecule has 0 saturated heterocycles. The standard InChI is InChI=1S/C14H11NOSe/c16-10-13-12-8-4-5-9-14(12)17-15(13)11-6-2-1-3-7-11/h1-10,13H. The van der Waals surface area contributed by atoms with Gasteiger partial charge in [0.2, 0.25) is 0 Å². The minimum absolute atomic E-state index is 0.117. The Morgan fingerprint density at radius 3 is 2.47 bits per heavy atom. The van der Waals surface area contributed by atoms with Gasteiger partial charge in [-0.3, -0.25) is 0 Å². The number of carbonyl (C=O) groups is 1. The van der Waals surface area contributed by atoms with E-state index in [1.807, 2.05) is 30.3 Å². The Morgan fingerprint density at radius 2 is 1.71 bits per heavy atom. The first-order valence-corrected chi connectivity index (χ1v) is 7.09. The average molecular weight is 288 g/mol. The Kier molecular flexibility index (Phi) is 2.71. The third kappa shape index (κ3) is 1.78. The summed E-state index contributed by atoms with van der Waals surface area (Å²) in [5.74, 6) is 0. The molecule has 0 saturated carbocycles. The summed E-state index contributed by atoms with van der Waals surface area (Å²) in [7, 11) is 0. The first kappa shape index (κ1) is 10.6. The maximum absolute atomic E-state index is 11.3. The van der Waals surface area contributed by atoms with E-state index < -0.39 is 0 Å². The first-order chi connectivity index (χ1) is 8.40. The SMILES string of the molecule is O=CC1c2ccccc2[Se]N1c1ccccc1. The zero-order chi connectivity index (χ0) is 11.7. The molecule has 1 aliphatic heterocycles. The molecule has 2 aromatic carbocycles. The van der Waals surface area contributed by atoms with E-state index in [0.29, 0.717) is 0 Å². The molecule has 0 radical (unpaired) electrons. The fourth-order valence-corrected chi connectivity index (χ4v) is 4.43. The van der Waals surface area contributed by atoms with Gasteiger partial charge in [-0.1, -0.05) is 0 Å². The van der Waals surface area contributed by atoms with Crippen LogP contribution in [-0.2, 0) is 4.79 Å². The van der Waals surface area contributed by atoms with Crippen LogP contribution in [0.25, 0.3) is 0 Å². The molecule has 0 aromatic heterocycles. The zero-order valence-corrected chi connectivity index (χ0v) is 10.8. The second-order valence-corrected chi connectivity index (χ2v) is 6.00. The number of hydrogen-bond acceptors (Lipinski definition) is 2. The monoisotopic (exact) mass is 289 g/mol. The van der Waals surface area contributed by atoms with Crippen molar-refractivity contribution in [2.75, 3.05) is 3.92 Å². The quantitative estimate of drug-likeness (QED) is 0.619. The average Bonchev–Trinajstić information content (AvgIpc) is 2.78. The van der Waals surface area contributed by atoms with Crippen LogP contribution in [0.5, 0.6) is 0 Å². The second kappa shape index (κ2) is 4.36. The van der Waals surface area contributed by atoms with Gasteiger partial charge in [0.25, 0.3) is 0 Å². The summed E-state index contributed by atoms with van der Waals surface area (Å²) in [4.78, 5) is 11.3. The summed E-state index contributed by atoms with van der Waals surface area (Å²) in [5, 5.41) is 0. The topological polar surface area (TPSA) is 20.3 Å². The fourth-order valence-electron chi connectivity index (χ4n) is 2.01. The van der Waals surface area contributed by atoms with E-state index in [9.17, 15) is 4.79 Å². The van der Waals surface area contributed by atoms with Crippen LogP contribution in [0, 0.1) is 0 Å². The molecule has 1 atom stereocenters. The molecule has 0 spiro atoms. The van der Waals surface area contributed by atoms with Crippen LogP contribution in [-0.4, -0.2) is 21.5 Å². The molecule has 1 unspecified atom stereocenters. The summed E-state index contributed by atoms with van der Waals surface area (Å²) in [6.45, 7) is 0. The molecule has 0 bridgehead atoms. The number of benzene rings is 2. The summed E-state index contributed by atoms with van der Waals surface area (Å²) >= 11 is 0.198. The predicted octanol–water partition coefficient (Wildman–Crippen LogP) is 1.69. The fraction of sp³-hybridized carbons (Fsp3) is 0.0714. The number of carbonyl (C=O) groups excluding carboxylic acids is 1. The molecular formula is C14H11NOSe. The Hall–Kier alpha value is -1.57. The van der Waals surface area contributed by atoms with Crippen LogP contribution >= 0.6 is 0 Å². The summed E-state index contributed by atoms with van der Waals surface area (Å²) in [5.41, 5.74) is 2.28. The van der Waals surface area contributed by atoms with Crippen molar-refractivity contribution < 1.29 is 4.79 Å². The minimum atomic E-state index is -0.117. The Bertz CT molecular complexity index is 541. The van der Waals surface area contributed by atoms with E-state index in [1.165, 1.54) is 4.46 Å². The van der Waals surface area contributed by atoms with Crippen molar-refractivity contribution in [3.8, 4) is 0 Å². The van der Waals surface area contributed by atoms with Crippen molar-refractivity contribution in [2.24, 2.45) is 0 Å². The van der Waals surface area contributed by atoms with Gasteiger partial charge in [0, 0.05) is 0 Å². The second-order valence-electron chi connectivity index (χ2n) is 3.87. The van der Waals surface area contributed by atoms with Crippen LogP contribution in [0.1, 0.15) is 11.6 Å². The molecule has 3 heteroatoms. The molecule has 2 nitrogen and oxygen atoms in total. The van der Waals surface area contributed by atoms with Gasteiger partial charge in [-0.15, -0.1) is 0 Å². The molecule has 3 rings (SSSR count). The van der Waals surface area contributed by atoms with Gasteiger partial charge >= 0.3 is 107 Å². The number of para-hydroxylation sites is 1. The molecule has 0 fully saturated rings. The molecule has 0 aliphatic carbocycles. The summed E-state index contributed by atoms with van der Waals surface area (Å²) < 4.78 is 3.51. The third-order valence-corrected chi connectivity index (χ3v) is 5.35. The van der Waals surface area contributed by atoms with Crippen molar-refractivity contribution >= 4 is 31.6 Å². The van der Waals surface area contributed by atoms with Crippen LogP contribution in [0.2, 0.25) is 0 Å². The zero-order valence-electron chi connectivity index (χ0n) is 9.11. The molecule has 1 aliphatic rings. The summed E-state index contributed by atoms with van der Waals surface area (Å²) in [6, 6.07) is 18.2. The van der Waals surface area contributed by atoms with E-state index in [0.717, 1.165) is 17.5 Å². The third-order valence-electron chi connectivity index (χ3n) is 2.83. The molecule has 1 heterocycles. The van der Waals surface area contributed by atoms with Crippen LogP contribution in [0.15, 0.2) is 54.6 Å². The van der Waals surface area contributed by atoms with E-state index >= 15 is 0 Å². The molecular weight excluding hydrogens is 277 g/mol. The number of rotatable bonds is 2. The van der Waals surface area contributed by atoms with Gasteiger partial charge < -0.3 is 0 Å². The van der Waals surface area contributed by atoms with Crippen LogP contribution in [0.4, 0.5) is 5.69 Å². The van der Waals surface area contributed by atoms with Gasteiger partial charge in [0.05, 0.1) is 0 Å². The molecule has 17 heavy (non-hydrogen) atoms. The molecule has 2 aromatic rings. The van der Waals surface area contributed by atoms with Crippen LogP contribution < -0.4 is 8.38 Å². The van der Waals surface area contributed by atoms with Crippen molar-refractivity contribution in [1.29, 1.82) is 0 Å². The van der Waals surface area contributed by atoms with Crippen molar-refractivity contribution in [2.45, 2.75) is 6.04 Å². The number of fused-ring (bicyclic) bond motifs is 1. The maximum atomic E-state index is 11.3. The Balaban J connectivity index is 2.03. The van der Waals surface area contributed by atoms with Crippen molar-refractivity contribution in [3.63, 3.8) is 0 Å². The van der Waals surface area contributed by atoms with E-state index in [1.54, 1.807) is 0 Å². The van der Waals surface area contributed by atoms with Gasteiger partial charge in [-0.2, -0.15) is 0 Å². The predicted molar refractivity (Wildman–Crippen MR) is 69.6 cm³/mol.